The molecule has 5 rings (SSSR count). The van der Waals surface area contributed by atoms with Crippen LogP contribution in [-0.4, -0.2) is 15.7 Å². The van der Waals surface area contributed by atoms with E-state index >= 15 is 0 Å². The minimum Gasteiger partial charge on any atom is -0.389 e. The molecule has 3 aliphatic carbocycles. The minimum absolute atomic E-state index is 0.0291. The van der Waals surface area contributed by atoms with Crippen LogP contribution in [0, 0.1) is 30.7 Å². The summed E-state index contributed by atoms with van der Waals surface area (Å²) in [5.74, 6) is 1.82. The van der Waals surface area contributed by atoms with Crippen LogP contribution in [0.1, 0.15) is 73.6 Å². The van der Waals surface area contributed by atoms with Crippen molar-refractivity contribution in [1.29, 1.82) is 0 Å². The van der Waals surface area contributed by atoms with Gasteiger partial charge in [-0.3, -0.25) is 4.98 Å². The molecule has 3 unspecified atom stereocenters. The van der Waals surface area contributed by atoms with Crippen molar-refractivity contribution < 1.29 is 5.11 Å². The second-order valence-corrected chi connectivity index (χ2v) is 10.2. The molecule has 5 atom stereocenters. The van der Waals surface area contributed by atoms with E-state index in [1.54, 1.807) is 0 Å². The maximum absolute atomic E-state index is 12.0. The predicted molar refractivity (Wildman–Crippen MR) is 120 cm³/mol. The zero-order valence-electron chi connectivity index (χ0n) is 18.2. The second-order valence-electron chi connectivity index (χ2n) is 10.2. The summed E-state index contributed by atoms with van der Waals surface area (Å²) >= 11 is 0. The standard InChI is InChI=1S/C27H32N2O/c1-18-20-6-7-23-22(21(20)8-9-25(18)28-3)10-14-26(2)24(23)5-4-13-27(26,30)17-19-11-15-29-16-12-19/h8-9,11-12,15-16,22-24,30H,4-7,10,13-14,17H2,1-2H3/t22?,23?,24?,26-,27-/m0/s1. The number of rotatable bonds is 2. The number of fused-ring (bicyclic) bond motifs is 5. The highest BCUT2D eigenvalue weighted by atomic mass is 16.3. The lowest BCUT2D eigenvalue weighted by Gasteiger charge is -2.61. The molecule has 2 saturated carbocycles. The van der Waals surface area contributed by atoms with Crippen LogP contribution in [0.25, 0.3) is 4.85 Å². The highest BCUT2D eigenvalue weighted by molar-refractivity contribution is 5.58. The topological polar surface area (TPSA) is 37.5 Å². The summed E-state index contributed by atoms with van der Waals surface area (Å²) in [5.41, 5.74) is 5.50. The fraction of sp³-hybridized carbons (Fsp3) is 0.556. The summed E-state index contributed by atoms with van der Waals surface area (Å²) in [6.45, 7) is 12.0. The van der Waals surface area contributed by atoms with Crippen LogP contribution in [0.3, 0.4) is 0 Å². The van der Waals surface area contributed by atoms with Crippen molar-refractivity contribution in [2.75, 3.05) is 0 Å². The highest BCUT2D eigenvalue weighted by Crippen LogP contribution is 2.63. The van der Waals surface area contributed by atoms with Gasteiger partial charge in [0.15, 0.2) is 5.69 Å². The van der Waals surface area contributed by atoms with Gasteiger partial charge in [-0.15, -0.1) is 0 Å². The van der Waals surface area contributed by atoms with Crippen LogP contribution < -0.4 is 0 Å². The summed E-state index contributed by atoms with van der Waals surface area (Å²) in [4.78, 5) is 7.88. The lowest BCUT2D eigenvalue weighted by molar-refractivity contribution is -0.171. The fourth-order valence-electron chi connectivity index (χ4n) is 7.41. The molecule has 3 heteroatoms. The summed E-state index contributed by atoms with van der Waals surface area (Å²) in [6, 6.07) is 8.41. The van der Waals surface area contributed by atoms with Gasteiger partial charge in [0.2, 0.25) is 0 Å². The quantitative estimate of drug-likeness (QED) is 0.613. The summed E-state index contributed by atoms with van der Waals surface area (Å²) in [5, 5.41) is 12.0. The van der Waals surface area contributed by atoms with Gasteiger partial charge in [0, 0.05) is 18.8 Å². The average Bonchev–Trinajstić information content (AvgIpc) is 2.75. The molecule has 1 N–H and O–H groups in total. The second kappa shape index (κ2) is 7.20. The number of aromatic nitrogens is 1. The minimum atomic E-state index is -0.633. The smallest absolute Gasteiger partial charge is 0.190 e. The van der Waals surface area contributed by atoms with Crippen molar-refractivity contribution in [1.82, 2.24) is 4.98 Å². The van der Waals surface area contributed by atoms with Crippen molar-refractivity contribution in [3.8, 4) is 0 Å². The van der Waals surface area contributed by atoms with Crippen molar-refractivity contribution in [2.45, 2.75) is 76.7 Å². The molecule has 3 nitrogen and oxygen atoms in total. The molecule has 2 fully saturated rings. The van der Waals surface area contributed by atoms with Crippen LogP contribution in [0.15, 0.2) is 36.7 Å². The van der Waals surface area contributed by atoms with Gasteiger partial charge >= 0.3 is 0 Å². The molecule has 0 bridgehead atoms. The Bertz CT molecular complexity index is 994. The normalized spacial score (nSPS) is 34.9. The Kier molecular flexibility index (Phi) is 4.75. The third-order valence-corrected chi connectivity index (χ3v) is 9.09. The van der Waals surface area contributed by atoms with Crippen LogP contribution in [0.2, 0.25) is 0 Å². The summed E-state index contributed by atoms with van der Waals surface area (Å²) in [7, 11) is 0. The Hall–Kier alpha value is -2.18. The van der Waals surface area contributed by atoms with Crippen LogP contribution >= 0.6 is 0 Å². The van der Waals surface area contributed by atoms with Gasteiger partial charge in [0.25, 0.3) is 0 Å². The van der Waals surface area contributed by atoms with Crippen molar-refractivity contribution >= 4 is 5.69 Å². The fourth-order valence-corrected chi connectivity index (χ4v) is 7.41. The van der Waals surface area contributed by atoms with E-state index in [1.165, 1.54) is 35.1 Å². The van der Waals surface area contributed by atoms with E-state index in [2.05, 4.69) is 41.9 Å². The van der Waals surface area contributed by atoms with Gasteiger partial charge in [-0.05, 0) is 97.4 Å². The molecule has 3 aliphatic rings. The molecule has 0 aliphatic heterocycles. The first-order valence-electron chi connectivity index (χ1n) is 11.6. The molecule has 2 aromatic rings. The van der Waals surface area contributed by atoms with Crippen LogP contribution in [-0.2, 0) is 12.8 Å². The highest BCUT2D eigenvalue weighted by Gasteiger charge is 2.58. The Morgan fingerprint density at radius 3 is 2.70 bits per heavy atom. The molecule has 0 spiro atoms. The molecule has 1 aromatic heterocycles. The summed E-state index contributed by atoms with van der Waals surface area (Å²) < 4.78 is 0. The van der Waals surface area contributed by atoms with Gasteiger partial charge in [-0.1, -0.05) is 31.0 Å². The maximum atomic E-state index is 12.0. The van der Waals surface area contributed by atoms with Gasteiger partial charge in [-0.2, -0.15) is 0 Å². The lowest BCUT2D eigenvalue weighted by Crippen LogP contribution is -2.59. The molecule has 0 saturated heterocycles. The van der Waals surface area contributed by atoms with E-state index < -0.39 is 5.60 Å². The summed E-state index contributed by atoms with van der Waals surface area (Å²) in [6.07, 6.45) is 12.2. The number of nitrogens with zero attached hydrogens (tertiary/aromatic N) is 2. The largest absolute Gasteiger partial charge is 0.389 e. The van der Waals surface area contributed by atoms with E-state index in [4.69, 9.17) is 6.57 Å². The monoisotopic (exact) mass is 400 g/mol. The third kappa shape index (κ3) is 2.84. The predicted octanol–water partition coefficient (Wildman–Crippen LogP) is 6.16. The maximum Gasteiger partial charge on any atom is 0.190 e. The Morgan fingerprint density at radius 2 is 1.93 bits per heavy atom. The van der Waals surface area contributed by atoms with E-state index in [-0.39, 0.29) is 5.41 Å². The van der Waals surface area contributed by atoms with Gasteiger partial charge in [0.1, 0.15) is 0 Å². The van der Waals surface area contributed by atoms with Gasteiger partial charge in [-0.25, -0.2) is 4.85 Å². The van der Waals surface area contributed by atoms with Crippen molar-refractivity contribution in [2.24, 2.45) is 17.3 Å². The Morgan fingerprint density at radius 1 is 1.13 bits per heavy atom. The molecule has 0 amide bonds. The zero-order valence-corrected chi connectivity index (χ0v) is 18.2. The Labute approximate surface area is 180 Å². The first-order valence-corrected chi connectivity index (χ1v) is 11.6. The SMILES string of the molecule is [C-]#[N+]c1ccc2c(c1C)CCC1C2CC[C@@]2(C)C1CCC[C@]2(O)Cc1ccncc1. The van der Waals surface area contributed by atoms with Crippen molar-refractivity contribution in [3.05, 3.63) is 70.3 Å². The van der Waals surface area contributed by atoms with E-state index in [0.717, 1.165) is 44.2 Å². The van der Waals surface area contributed by atoms with Crippen LogP contribution in [0.4, 0.5) is 5.69 Å². The molecular weight excluding hydrogens is 368 g/mol. The molecule has 1 heterocycles. The lowest BCUT2D eigenvalue weighted by atomic mass is 9.45. The number of pyridine rings is 1. The molecular formula is C27H32N2O. The molecule has 1 aromatic carbocycles. The van der Waals surface area contributed by atoms with Crippen molar-refractivity contribution in [3.63, 3.8) is 0 Å². The third-order valence-electron chi connectivity index (χ3n) is 9.09. The van der Waals surface area contributed by atoms with E-state index in [1.807, 2.05) is 18.5 Å². The number of benzene rings is 1. The first kappa shape index (κ1) is 19.8. The van der Waals surface area contributed by atoms with Gasteiger partial charge < -0.3 is 5.11 Å². The number of hydrogen-bond acceptors (Lipinski definition) is 2. The number of aliphatic hydroxyl groups is 1. The Balaban J connectivity index is 1.48. The first-order chi connectivity index (χ1) is 14.5. The van der Waals surface area contributed by atoms with E-state index in [9.17, 15) is 5.11 Å². The average molecular weight is 401 g/mol. The van der Waals surface area contributed by atoms with Crippen LogP contribution in [0.5, 0.6) is 0 Å². The van der Waals surface area contributed by atoms with E-state index in [0.29, 0.717) is 17.8 Å². The molecule has 30 heavy (non-hydrogen) atoms. The molecule has 0 radical (unpaired) electrons. The zero-order chi connectivity index (χ0) is 20.9. The molecule has 156 valence electrons. The van der Waals surface area contributed by atoms with Gasteiger partial charge in [0.05, 0.1) is 12.2 Å². The number of hydrogen-bond donors (Lipinski definition) is 1.